The fourth-order valence-electron chi connectivity index (χ4n) is 4.03. The van der Waals surface area contributed by atoms with E-state index in [0.717, 1.165) is 24.3 Å². The van der Waals surface area contributed by atoms with Crippen molar-refractivity contribution in [2.24, 2.45) is 23.5 Å². The Morgan fingerprint density at radius 2 is 2.12 bits per heavy atom. The predicted molar refractivity (Wildman–Crippen MR) is 73.9 cm³/mol. The van der Waals surface area contributed by atoms with Crippen molar-refractivity contribution in [2.45, 2.75) is 57.9 Å². The highest BCUT2D eigenvalue weighted by molar-refractivity contribution is 4.91. The lowest BCUT2D eigenvalue weighted by Gasteiger charge is -2.28. The maximum absolute atomic E-state index is 6.17. The van der Waals surface area contributed by atoms with Crippen molar-refractivity contribution in [2.75, 3.05) is 20.1 Å². The lowest BCUT2D eigenvalue weighted by atomic mass is 9.88. The first kappa shape index (κ1) is 13.4. The average Bonchev–Trinajstić information content (AvgIpc) is 2.87. The molecule has 2 saturated carbocycles. The summed E-state index contributed by atoms with van der Waals surface area (Å²) in [5.41, 5.74) is 6.17. The van der Waals surface area contributed by atoms with Gasteiger partial charge in [-0.25, -0.2) is 0 Å². The van der Waals surface area contributed by atoms with Crippen LogP contribution in [0.15, 0.2) is 0 Å². The molecule has 2 heteroatoms. The number of unbranched alkanes of at least 4 members (excludes halogenated alkanes) is 1. The maximum atomic E-state index is 6.17. The molecule has 0 aromatic rings. The van der Waals surface area contributed by atoms with Crippen LogP contribution in [0.5, 0.6) is 0 Å². The molecule has 0 amide bonds. The van der Waals surface area contributed by atoms with Gasteiger partial charge in [0.15, 0.2) is 0 Å². The molecule has 2 N–H and O–H groups in total. The van der Waals surface area contributed by atoms with Crippen LogP contribution < -0.4 is 5.73 Å². The first-order chi connectivity index (χ1) is 8.19. The van der Waals surface area contributed by atoms with Crippen molar-refractivity contribution in [3.05, 3.63) is 0 Å². The Balaban J connectivity index is 1.65. The first-order valence-corrected chi connectivity index (χ1v) is 7.63. The van der Waals surface area contributed by atoms with E-state index in [9.17, 15) is 0 Å². The Morgan fingerprint density at radius 3 is 2.71 bits per heavy atom. The Kier molecular flexibility index (Phi) is 4.87. The molecule has 2 rings (SSSR count). The molecule has 2 aliphatic rings. The van der Waals surface area contributed by atoms with E-state index in [1.54, 1.807) is 0 Å². The Bertz CT molecular complexity index is 229. The van der Waals surface area contributed by atoms with E-state index in [-0.39, 0.29) is 0 Å². The van der Waals surface area contributed by atoms with E-state index in [4.69, 9.17) is 5.73 Å². The van der Waals surface area contributed by atoms with Gasteiger partial charge in [0, 0.05) is 19.1 Å². The van der Waals surface area contributed by atoms with Gasteiger partial charge in [0.05, 0.1) is 0 Å². The molecular formula is C15H30N2. The van der Waals surface area contributed by atoms with E-state index in [2.05, 4.69) is 18.9 Å². The standard InChI is InChI=1S/C15H30N2/c1-3-4-5-15(16)11-17(2)10-14-9-12-6-7-13(14)8-12/h12-15H,3-11,16H2,1-2H3. The van der Waals surface area contributed by atoms with Crippen LogP contribution in [0.25, 0.3) is 0 Å². The Hall–Kier alpha value is -0.0800. The fraction of sp³-hybridized carbons (Fsp3) is 1.00. The molecule has 0 aromatic carbocycles. The van der Waals surface area contributed by atoms with Gasteiger partial charge in [-0.15, -0.1) is 0 Å². The number of nitrogens with zero attached hydrogens (tertiary/aromatic N) is 1. The molecule has 2 bridgehead atoms. The van der Waals surface area contributed by atoms with E-state index in [0.29, 0.717) is 6.04 Å². The van der Waals surface area contributed by atoms with Crippen LogP contribution in [0.2, 0.25) is 0 Å². The highest BCUT2D eigenvalue weighted by atomic mass is 15.1. The van der Waals surface area contributed by atoms with Gasteiger partial charge in [-0.1, -0.05) is 26.2 Å². The van der Waals surface area contributed by atoms with Gasteiger partial charge < -0.3 is 10.6 Å². The van der Waals surface area contributed by atoms with Crippen LogP contribution in [0.1, 0.15) is 51.9 Å². The quantitative estimate of drug-likeness (QED) is 0.739. The van der Waals surface area contributed by atoms with E-state index >= 15 is 0 Å². The van der Waals surface area contributed by atoms with Crippen LogP contribution in [0.4, 0.5) is 0 Å². The van der Waals surface area contributed by atoms with Crippen molar-refractivity contribution < 1.29 is 0 Å². The third kappa shape index (κ3) is 3.69. The topological polar surface area (TPSA) is 29.3 Å². The molecule has 0 spiro atoms. The van der Waals surface area contributed by atoms with Crippen molar-refractivity contribution in [3.63, 3.8) is 0 Å². The third-order valence-electron chi connectivity index (χ3n) is 4.91. The van der Waals surface area contributed by atoms with Gasteiger partial charge in [-0.05, 0) is 50.5 Å². The minimum Gasteiger partial charge on any atom is -0.327 e. The van der Waals surface area contributed by atoms with E-state index < -0.39 is 0 Å². The highest BCUT2D eigenvalue weighted by Gasteiger charge is 2.39. The Morgan fingerprint density at radius 1 is 1.29 bits per heavy atom. The number of rotatable bonds is 7. The van der Waals surface area contributed by atoms with Gasteiger partial charge in [0.25, 0.3) is 0 Å². The number of fused-ring (bicyclic) bond motifs is 2. The minimum atomic E-state index is 0.388. The second-order valence-corrected chi connectivity index (χ2v) is 6.56. The lowest BCUT2D eigenvalue weighted by Crippen LogP contribution is -2.38. The second kappa shape index (κ2) is 6.19. The van der Waals surface area contributed by atoms with Crippen LogP contribution in [0.3, 0.4) is 0 Å². The van der Waals surface area contributed by atoms with Crippen LogP contribution in [-0.4, -0.2) is 31.1 Å². The molecule has 100 valence electrons. The lowest BCUT2D eigenvalue weighted by molar-refractivity contribution is 0.209. The largest absolute Gasteiger partial charge is 0.327 e. The second-order valence-electron chi connectivity index (χ2n) is 6.56. The molecule has 17 heavy (non-hydrogen) atoms. The van der Waals surface area contributed by atoms with E-state index in [1.165, 1.54) is 51.5 Å². The van der Waals surface area contributed by atoms with Crippen molar-refractivity contribution in [3.8, 4) is 0 Å². The van der Waals surface area contributed by atoms with Crippen molar-refractivity contribution in [1.29, 1.82) is 0 Å². The molecule has 0 aromatic heterocycles. The SMILES string of the molecule is CCCCC(N)CN(C)CC1CC2CCC1C2. The molecular weight excluding hydrogens is 208 g/mol. The van der Waals surface area contributed by atoms with Crippen molar-refractivity contribution in [1.82, 2.24) is 4.90 Å². The zero-order chi connectivity index (χ0) is 12.3. The zero-order valence-corrected chi connectivity index (χ0v) is 11.7. The zero-order valence-electron chi connectivity index (χ0n) is 11.7. The average molecular weight is 238 g/mol. The smallest absolute Gasteiger partial charge is 0.0167 e. The first-order valence-electron chi connectivity index (χ1n) is 7.63. The van der Waals surface area contributed by atoms with Gasteiger partial charge in [0.1, 0.15) is 0 Å². The van der Waals surface area contributed by atoms with Crippen molar-refractivity contribution >= 4 is 0 Å². The molecule has 0 radical (unpaired) electrons. The van der Waals surface area contributed by atoms with Gasteiger partial charge in [-0.3, -0.25) is 0 Å². The third-order valence-corrected chi connectivity index (χ3v) is 4.91. The summed E-state index contributed by atoms with van der Waals surface area (Å²) in [5.74, 6) is 3.11. The summed E-state index contributed by atoms with van der Waals surface area (Å²) in [7, 11) is 2.26. The maximum Gasteiger partial charge on any atom is 0.0167 e. The fourth-order valence-corrected chi connectivity index (χ4v) is 4.03. The molecule has 2 nitrogen and oxygen atoms in total. The van der Waals surface area contributed by atoms with Gasteiger partial charge in [-0.2, -0.15) is 0 Å². The summed E-state index contributed by atoms with van der Waals surface area (Å²) < 4.78 is 0. The molecule has 0 heterocycles. The molecule has 2 fully saturated rings. The molecule has 0 aliphatic heterocycles. The predicted octanol–water partition coefficient (Wildman–Crippen LogP) is 2.87. The van der Waals surface area contributed by atoms with Gasteiger partial charge in [0.2, 0.25) is 0 Å². The number of hydrogen-bond donors (Lipinski definition) is 1. The highest BCUT2D eigenvalue weighted by Crippen LogP contribution is 2.48. The summed E-state index contributed by atoms with van der Waals surface area (Å²) in [4.78, 5) is 2.49. The summed E-state index contributed by atoms with van der Waals surface area (Å²) in [6, 6.07) is 0.388. The van der Waals surface area contributed by atoms with E-state index in [1.807, 2.05) is 0 Å². The van der Waals surface area contributed by atoms with Crippen LogP contribution in [-0.2, 0) is 0 Å². The number of nitrogens with two attached hydrogens (primary N) is 1. The van der Waals surface area contributed by atoms with Crippen LogP contribution in [0, 0.1) is 17.8 Å². The number of hydrogen-bond acceptors (Lipinski definition) is 2. The molecule has 4 unspecified atom stereocenters. The monoisotopic (exact) mass is 238 g/mol. The van der Waals surface area contributed by atoms with Crippen LogP contribution >= 0.6 is 0 Å². The van der Waals surface area contributed by atoms with Gasteiger partial charge >= 0.3 is 0 Å². The summed E-state index contributed by atoms with van der Waals surface area (Å²) >= 11 is 0. The minimum absolute atomic E-state index is 0.388. The summed E-state index contributed by atoms with van der Waals surface area (Å²) in [6.07, 6.45) is 9.79. The molecule has 0 saturated heterocycles. The number of likely N-dealkylation sites (N-methyl/N-ethyl adjacent to an activating group) is 1. The normalized spacial score (nSPS) is 33.5. The molecule has 4 atom stereocenters. The summed E-state index contributed by atoms with van der Waals surface area (Å²) in [5, 5.41) is 0. The summed E-state index contributed by atoms with van der Waals surface area (Å²) in [6.45, 7) is 4.63. The molecule has 2 aliphatic carbocycles. The Labute approximate surface area is 107 Å².